The van der Waals surface area contributed by atoms with Crippen LogP contribution < -0.4 is 9.47 Å². The Hall–Kier alpha value is -3.62. The molecule has 9 nitrogen and oxygen atoms in total. The minimum atomic E-state index is -0.882. The van der Waals surface area contributed by atoms with Crippen LogP contribution in [0, 0.1) is 10.1 Å². The van der Waals surface area contributed by atoms with Crippen LogP contribution >= 0.6 is 0 Å². The van der Waals surface area contributed by atoms with E-state index in [0.29, 0.717) is 11.1 Å². The Labute approximate surface area is 139 Å². The Morgan fingerprint density at radius 2 is 2.00 bits per heavy atom. The Bertz CT molecular complexity index is 962. The smallest absolute Gasteiger partial charge is 0.345 e. The van der Waals surface area contributed by atoms with Crippen LogP contribution in [0.25, 0.3) is 11.1 Å². The number of para-hydroxylation sites is 2. The van der Waals surface area contributed by atoms with Crippen LogP contribution in [0.5, 0.6) is 11.5 Å². The van der Waals surface area contributed by atoms with Crippen molar-refractivity contribution in [3.63, 3.8) is 0 Å². The second-order valence-electron chi connectivity index (χ2n) is 5.13. The van der Waals surface area contributed by atoms with Gasteiger partial charge in [-0.25, -0.2) is 9.78 Å². The summed E-state index contributed by atoms with van der Waals surface area (Å²) in [7, 11) is 0. The zero-order valence-corrected chi connectivity index (χ0v) is 12.6. The lowest BCUT2D eigenvalue weighted by molar-refractivity contribution is -0.385. The maximum atomic E-state index is 12.3. The fourth-order valence-electron chi connectivity index (χ4n) is 2.43. The van der Waals surface area contributed by atoms with Gasteiger partial charge in [-0.15, -0.1) is 0 Å². The van der Waals surface area contributed by atoms with Gasteiger partial charge in [0.25, 0.3) is 5.69 Å². The largest absolute Gasteiger partial charge is 0.454 e. The number of fused-ring (bicyclic) bond motifs is 2. The Morgan fingerprint density at radius 1 is 1.24 bits per heavy atom. The Balaban J connectivity index is 1.57. The molecular formula is C16H10N2O7. The molecule has 0 fully saturated rings. The van der Waals surface area contributed by atoms with E-state index in [9.17, 15) is 14.9 Å². The molecule has 0 radical (unpaired) electrons. The number of rotatable bonds is 4. The first-order chi connectivity index (χ1) is 12.1. The number of carbonyl (C=O) groups is 1. The van der Waals surface area contributed by atoms with Crippen LogP contribution in [-0.4, -0.2) is 22.7 Å². The van der Waals surface area contributed by atoms with Crippen LogP contribution in [0.3, 0.4) is 0 Å². The van der Waals surface area contributed by atoms with E-state index >= 15 is 0 Å². The number of esters is 1. The molecule has 4 rings (SSSR count). The van der Waals surface area contributed by atoms with Crippen molar-refractivity contribution in [2.24, 2.45) is 0 Å². The van der Waals surface area contributed by atoms with E-state index in [1.54, 1.807) is 24.3 Å². The number of nitro groups is 1. The zero-order chi connectivity index (χ0) is 17.4. The molecule has 0 saturated heterocycles. The molecule has 126 valence electrons. The quantitative estimate of drug-likeness (QED) is 0.404. The number of carbonyl (C=O) groups excluding carboxylic acids is 1. The molecule has 1 aliphatic heterocycles. The second-order valence-corrected chi connectivity index (χ2v) is 5.13. The van der Waals surface area contributed by atoms with E-state index < -0.39 is 16.6 Å². The number of oxazole rings is 1. The standard InChI is InChI=1S/C16H10N2O7/c19-16(22-7-15-17-10-3-1-2-4-12(10)25-15)9-5-13-14(24-8-23-13)6-11(9)18(20)21/h1-6H,7-8H2. The van der Waals surface area contributed by atoms with E-state index in [4.69, 9.17) is 18.6 Å². The average molecular weight is 342 g/mol. The lowest BCUT2D eigenvalue weighted by Crippen LogP contribution is -2.08. The van der Waals surface area contributed by atoms with E-state index in [0.717, 1.165) is 6.07 Å². The minimum absolute atomic E-state index is 0.0616. The number of hydrogen-bond acceptors (Lipinski definition) is 8. The fraction of sp³-hybridized carbons (Fsp3) is 0.125. The number of nitro benzene ring substituents is 1. The Kier molecular flexibility index (Phi) is 3.46. The molecule has 2 aromatic carbocycles. The summed E-state index contributed by atoms with van der Waals surface area (Å²) in [5.74, 6) is -0.230. The van der Waals surface area contributed by atoms with Gasteiger partial charge in [0.2, 0.25) is 12.7 Å². The Morgan fingerprint density at radius 3 is 2.76 bits per heavy atom. The highest BCUT2D eigenvalue weighted by Crippen LogP contribution is 2.38. The van der Waals surface area contributed by atoms with Crippen molar-refractivity contribution in [2.45, 2.75) is 6.61 Å². The topological polar surface area (TPSA) is 114 Å². The molecule has 1 aromatic heterocycles. The first-order valence-corrected chi connectivity index (χ1v) is 7.21. The van der Waals surface area contributed by atoms with Crippen molar-refractivity contribution in [3.8, 4) is 11.5 Å². The summed E-state index contributed by atoms with van der Waals surface area (Å²) in [6, 6.07) is 9.45. The van der Waals surface area contributed by atoms with Crippen molar-refractivity contribution in [2.75, 3.05) is 6.79 Å². The third-order valence-electron chi connectivity index (χ3n) is 3.57. The van der Waals surface area contributed by atoms with E-state index in [1.165, 1.54) is 6.07 Å². The lowest BCUT2D eigenvalue weighted by Gasteiger charge is -2.05. The fourth-order valence-corrected chi connectivity index (χ4v) is 2.43. The van der Waals surface area contributed by atoms with Crippen LogP contribution in [-0.2, 0) is 11.3 Å². The number of benzene rings is 2. The minimum Gasteiger partial charge on any atom is -0.454 e. The van der Waals surface area contributed by atoms with Gasteiger partial charge in [0, 0.05) is 6.07 Å². The molecule has 0 spiro atoms. The van der Waals surface area contributed by atoms with Gasteiger partial charge >= 0.3 is 5.97 Å². The number of ether oxygens (including phenoxy) is 3. The van der Waals surface area contributed by atoms with Crippen LogP contribution in [0.2, 0.25) is 0 Å². The van der Waals surface area contributed by atoms with Gasteiger partial charge in [-0.3, -0.25) is 10.1 Å². The highest BCUT2D eigenvalue weighted by atomic mass is 16.7. The number of nitrogens with zero attached hydrogens (tertiary/aromatic N) is 2. The van der Waals surface area contributed by atoms with Gasteiger partial charge in [-0.2, -0.15) is 0 Å². The summed E-state index contributed by atoms with van der Waals surface area (Å²) >= 11 is 0. The average Bonchev–Trinajstić information content (AvgIpc) is 3.23. The molecule has 0 atom stereocenters. The zero-order valence-electron chi connectivity index (χ0n) is 12.6. The van der Waals surface area contributed by atoms with Crippen molar-refractivity contribution in [1.82, 2.24) is 4.98 Å². The number of hydrogen-bond donors (Lipinski definition) is 0. The molecule has 0 bridgehead atoms. The van der Waals surface area contributed by atoms with Crippen LogP contribution in [0.15, 0.2) is 40.8 Å². The molecule has 0 aliphatic carbocycles. The summed E-state index contributed by atoms with van der Waals surface area (Å²) in [5, 5.41) is 11.2. The molecule has 0 N–H and O–H groups in total. The van der Waals surface area contributed by atoms with Gasteiger partial charge in [0.05, 0.1) is 11.0 Å². The predicted octanol–water partition coefficient (Wildman–Crippen LogP) is 2.82. The molecule has 0 unspecified atom stereocenters. The van der Waals surface area contributed by atoms with Crippen molar-refractivity contribution in [1.29, 1.82) is 0 Å². The predicted molar refractivity (Wildman–Crippen MR) is 82.3 cm³/mol. The summed E-state index contributed by atoms with van der Waals surface area (Å²) in [4.78, 5) is 26.9. The summed E-state index contributed by atoms with van der Waals surface area (Å²) < 4.78 is 20.8. The maximum Gasteiger partial charge on any atom is 0.345 e. The summed E-state index contributed by atoms with van der Waals surface area (Å²) in [5.41, 5.74) is 0.530. The van der Waals surface area contributed by atoms with E-state index in [-0.39, 0.29) is 36.4 Å². The van der Waals surface area contributed by atoms with Crippen LogP contribution in [0.4, 0.5) is 5.69 Å². The third kappa shape index (κ3) is 2.71. The molecular weight excluding hydrogens is 332 g/mol. The first-order valence-electron chi connectivity index (χ1n) is 7.21. The third-order valence-corrected chi connectivity index (χ3v) is 3.57. The summed E-state index contributed by atoms with van der Waals surface area (Å²) in [6.45, 7) is -0.312. The lowest BCUT2D eigenvalue weighted by atomic mass is 10.1. The van der Waals surface area contributed by atoms with Crippen LogP contribution in [0.1, 0.15) is 16.2 Å². The second kappa shape index (κ2) is 5.78. The maximum absolute atomic E-state index is 12.3. The monoisotopic (exact) mass is 342 g/mol. The van der Waals surface area contributed by atoms with Crippen molar-refractivity contribution in [3.05, 3.63) is 58.0 Å². The van der Waals surface area contributed by atoms with Crippen molar-refractivity contribution >= 4 is 22.8 Å². The molecule has 9 heteroatoms. The van der Waals surface area contributed by atoms with E-state index in [1.807, 2.05) is 0 Å². The van der Waals surface area contributed by atoms with Gasteiger partial charge in [0.1, 0.15) is 11.1 Å². The van der Waals surface area contributed by atoms with Gasteiger partial charge in [-0.1, -0.05) is 12.1 Å². The van der Waals surface area contributed by atoms with Gasteiger partial charge < -0.3 is 18.6 Å². The molecule has 25 heavy (non-hydrogen) atoms. The van der Waals surface area contributed by atoms with Gasteiger partial charge in [0.15, 0.2) is 23.7 Å². The molecule has 3 aromatic rings. The first kappa shape index (κ1) is 14.9. The van der Waals surface area contributed by atoms with Gasteiger partial charge in [-0.05, 0) is 12.1 Å². The normalized spacial score (nSPS) is 12.3. The van der Waals surface area contributed by atoms with Crippen molar-refractivity contribution < 1.29 is 28.3 Å². The molecule has 2 heterocycles. The van der Waals surface area contributed by atoms with E-state index in [2.05, 4.69) is 4.98 Å². The summed E-state index contributed by atoms with van der Waals surface area (Å²) in [6.07, 6.45) is 0. The molecule has 1 aliphatic rings. The molecule has 0 amide bonds. The highest BCUT2D eigenvalue weighted by Gasteiger charge is 2.28. The highest BCUT2D eigenvalue weighted by molar-refractivity contribution is 5.95. The SMILES string of the molecule is O=C(OCc1nc2ccccc2o1)c1cc2c(cc1[N+](=O)[O-])OCO2. The molecule has 0 saturated carbocycles. The number of aromatic nitrogens is 1.